The Hall–Kier alpha value is -1.22. The maximum absolute atomic E-state index is 11.7. The van der Waals surface area contributed by atoms with Crippen LogP contribution in [0, 0.1) is 0 Å². The van der Waals surface area contributed by atoms with Gasteiger partial charge < -0.3 is 9.64 Å². The van der Waals surface area contributed by atoms with Gasteiger partial charge in [0, 0.05) is 17.6 Å². The van der Waals surface area contributed by atoms with Crippen LogP contribution < -0.4 is 0 Å². The topological polar surface area (TPSA) is 29.5 Å². The van der Waals surface area contributed by atoms with E-state index in [9.17, 15) is 4.79 Å². The second kappa shape index (κ2) is 6.50. The smallest absolute Gasteiger partial charge is 0.410 e. The molecule has 0 aliphatic carbocycles. The van der Waals surface area contributed by atoms with Gasteiger partial charge in [-0.15, -0.1) is 0 Å². The molecule has 0 aromatic heterocycles. The molecule has 1 amide bonds. The Morgan fingerprint density at radius 2 is 2.18 bits per heavy atom. The number of hydrogen-bond donors (Lipinski definition) is 0. The van der Waals surface area contributed by atoms with E-state index in [0.29, 0.717) is 18.2 Å². The summed E-state index contributed by atoms with van der Waals surface area (Å²) in [4.78, 5) is 13.4. The third-order valence-corrected chi connectivity index (χ3v) is 2.60. The Morgan fingerprint density at radius 1 is 1.47 bits per heavy atom. The Labute approximate surface area is 107 Å². The van der Waals surface area contributed by atoms with Gasteiger partial charge in [-0.25, -0.2) is 4.79 Å². The highest BCUT2D eigenvalue weighted by molar-refractivity contribution is 6.30. The van der Waals surface area contributed by atoms with E-state index in [0.717, 1.165) is 5.56 Å². The van der Waals surface area contributed by atoms with E-state index in [-0.39, 0.29) is 12.1 Å². The molecule has 0 bridgehead atoms. The lowest BCUT2D eigenvalue weighted by atomic mass is 10.2. The first-order valence-electron chi connectivity index (χ1n) is 5.72. The molecule has 0 atom stereocenters. The van der Waals surface area contributed by atoms with Crippen molar-refractivity contribution >= 4 is 17.7 Å². The monoisotopic (exact) mass is 255 g/mol. The molecule has 0 saturated carbocycles. The number of nitrogens with zero attached hydrogens (tertiary/aromatic N) is 1. The summed E-state index contributed by atoms with van der Waals surface area (Å²) >= 11 is 5.91. The zero-order valence-electron chi connectivity index (χ0n) is 10.4. The molecule has 0 fully saturated rings. The standard InChI is InChI=1S/C13H18ClNO2/c1-4-17-13(16)15(10(2)3)9-11-6-5-7-12(14)8-11/h5-8,10H,4,9H2,1-3H3. The number of rotatable bonds is 4. The minimum Gasteiger partial charge on any atom is -0.450 e. The number of ether oxygens (including phenoxy) is 1. The average molecular weight is 256 g/mol. The van der Waals surface area contributed by atoms with E-state index in [2.05, 4.69) is 0 Å². The highest BCUT2D eigenvalue weighted by atomic mass is 35.5. The molecule has 0 aliphatic rings. The largest absolute Gasteiger partial charge is 0.450 e. The van der Waals surface area contributed by atoms with Gasteiger partial charge in [-0.3, -0.25) is 0 Å². The molecule has 0 heterocycles. The van der Waals surface area contributed by atoms with Crippen LogP contribution in [0.25, 0.3) is 0 Å². The van der Waals surface area contributed by atoms with Crippen molar-refractivity contribution in [3.63, 3.8) is 0 Å². The first-order chi connectivity index (χ1) is 8.04. The van der Waals surface area contributed by atoms with Crippen molar-refractivity contribution in [2.75, 3.05) is 6.61 Å². The number of carbonyl (C=O) groups is 1. The SMILES string of the molecule is CCOC(=O)N(Cc1cccc(Cl)c1)C(C)C. The molecule has 4 heteroatoms. The fourth-order valence-electron chi connectivity index (χ4n) is 1.50. The second-order valence-corrected chi connectivity index (χ2v) is 4.49. The van der Waals surface area contributed by atoms with Crippen LogP contribution in [0.4, 0.5) is 4.79 Å². The number of carbonyl (C=O) groups excluding carboxylic acids is 1. The van der Waals surface area contributed by atoms with Gasteiger partial charge >= 0.3 is 6.09 Å². The van der Waals surface area contributed by atoms with Crippen molar-refractivity contribution in [3.8, 4) is 0 Å². The van der Waals surface area contributed by atoms with Crippen molar-refractivity contribution in [1.82, 2.24) is 4.90 Å². The lowest BCUT2D eigenvalue weighted by Gasteiger charge is -2.25. The van der Waals surface area contributed by atoms with Gasteiger partial charge in [0.25, 0.3) is 0 Å². The predicted octanol–water partition coefficient (Wildman–Crippen LogP) is 3.71. The summed E-state index contributed by atoms with van der Waals surface area (Å²) in [5, 5.41) is 0.676. The van der Waals surface area contributed by atoms with Crippen molar-refractivity contribution in [2.24, 2.45) is 0 Å². The van der Waals surface area contributed by atoms with Gasteiger partial charge in [-0.1, -0.05) is 23.7 Å². The molecule has 17 heavy (non-hydrogen) atoms. The zero-order valence-corrected chi connectivity index (χ0v) is 11.2. The maximum atomic E-state index is 11.7. The van der Waals surface area contributed by atoms with Crippen LogP contribution in [0.2, 0.25) is 5.02 Å². The zero-order chi connectivity index (χ0) is 12.8. The molecule has 0 radical (unpaired) electrons. The molecule has 1 aromatic carbocycles. The fourth-order valence-corrected chi connectivity index (χ4v) is 1.71. The first-order valence-corrected chi connectivity index (χ1v) is 6.10. The van der Waals surface area contributed by atoms with E-state index < -0.39 is 0 Å². The minimum absolute atomic E-state index is 0.0908. The summed E-state index contributed by atoms with van der Waals surface area (Å²) in [7, 11) is 0. The van der Waals surface area contributed by atoms with E-state index >= 15 is 0 Å². The number of hydrogen-bond acceptors (Lipinski definition) is 2. The van der Waals surface area contributed by atoms with Crippen molar-refractivity contribution in [1.29, 1.82) is 0 Å². The van der Waals surface area contributed by atoms with Crippen LogP contribution in [0.1, 0.15) is 26.3 Å². The van der Waals surface area contributed by atoms with Crippen molar-refractivity contribution in [3.05, 3.63) is 34.9 Å². The third kappa shape index (κ3) is 4.27. The lowest BCUT2D eigenvalue weighted by Crippen LogP contribution is -2.36. The molecule has 0 aliphatic heterocycles. The van der Waals surface area contributed by atoms with E-state index in [4.69, 9.17) is 16.3 Å². The second-order valence-electron chi connectivity index (χ2n) is 4.05. The summed E-state index contributed by atoms with van der Waals surface area (Å²) in [5.41, 5.74) is 0.999. The lowest BCUT2D eigenvalue weighted by molar-refractivity contribution is 0.0930. The Bertz CT molecular complexity index is 379. The molecule has 0 unspecified atom stereocenters. The molecule has 0 spiro atoms. The normalized spacial score (nSPS) is 10.4. The first kappa shape index (κ1) is 13.8. The molecule has 3 nitrogen and oxygen atoms in total. The molecule has 0 N–H and O–H groups in total. The summed E-state index contributed by atoms with van der Waals surface area (Å²) in [6.45, 7) is 6.62. The van der Waals surface area contributed by atoms with E-state index in [1.54, 1.807) is 11.8 Å². The van der Waals surface area contributed by atoms with Gasteiger partial charge in [0.2, 0.25) is 0 Å². The van der Waals surface area contributed by atoms with E-state index in [1.807, 2.05) is 38.1 Å². The molecule has 1 rings (SSSR count). The quantitative estimate of drug-likeness (QED) is 0.821. The molecule has 94 valence electrons. The maximum Gasteiger partial charge on any atom is 0.410 e. The summed E-state index contributed by atoms with van der Waals surface area (Å²) in [5.74, 6) is 0. The summed E-state index contributed by atoms with van der Waals surface area (Å²) in [6.07, 6.45) is -0.289. The number of halogens is 1. The number of benzene rings is 1. The summed E-state index contributed by atoms with van der Waals surface area (Å²) < 4.78 is 5.02. The third-order valence-electron chi connectivity index (χ3n) is 2.37. The Kier molecular flexibility index (Phi) is 5.29. The van der Waals surface area contributed by atoms with E-state index in [1.165, 1.54) is 0 Å². The van der Waals surface area contributed by atoms with Crippen LogP contribution in [-0.2, 0) is 11.3 Å². The van der Waals surface area contributed by atoms with Gasteiger partial charge in [0.1, 0.15) is 0 Å². The average Bonchev–Trinajstić information content (AvgIpc) is 2.26. The van der Waals surface area contributed by atoms with Crippen LogP contribution in [-0.4, -0.2) is 23.6 Å². The van der Waals surface area contributed by atoms with Gasteiger partial charge in [0.15, 0.2) is 0 Å². The van der Waals surface area contributed by atoms with Crippen molar-refractivity contribution in [2.45, 2.75) is 33.4 Å². The highest BCUT2D eigenvalue weighted by Crippen LogP contribution is 2.14. The molecular weight excluding hydrogens is 238 g/mol. The Morgan fingerprint density at radius 3 is 2.71 bits per heavy atom. The highest BCUT2D eigenvalue weighted by Gasteiger charge is 2.18. The fraction of sp³-hybridized carbons (Fsp3) is 0.462. The van der Waals surface area contributed by atoms with Crippen LogP contribution >= 0.6 is 11.6 Å². The molecule has 0 saturated heterocycles. The summed E-state index contributed by atoms with van der Waals surface area (Å²) in [6, 6.07) is 7.58. The van der Waals surface area contributed by atoms with Crippen LogP contribution in [0.3, 0.4) is 0 Å². The van der Waals surface area contributed by atoms with Crippen molar-refractivity contribution < 1.29 is 9.53 Å². The molecule has 1 aromatic rings. The van der Waals surface area contributed by atoms with Gasteiger partial charge in [-0.05, 0) is 38.5 Å². The Balaban J connectivity index is 2.76. The van der Waals surface area contributed by atoms with Crippen LogP contribution in [0.15, 0.2) is 24.3 Å². The van der Waals surface area contributed by atoms with Crippen LogP contribution in [0.5, 0.6) is 0 Å². The van der Waals surface area contributed by atoms with Gasteiger partial charge in [0.05, 0.1) is 6.61 Å². The predicted molar refractivity (Wildman–Crippen MR) is 69.2 cm³/mol. The molecular formula is C13H18ClNO2. The minimum atomic E-state index is -0.289. The van der Waals surface area contributed by atoms with Gasteiger partial charge in [-0.2, -0.15) is 0 Å². The number of amides is 1.